The van der Waals surface area contributed by atoms with Gasteiger partial charge in [-0.3, -0.25) is 4.79 Å². The van der Waals surface area contributed by atoms with Crippen LogP contribution in [0.1, 0.15) is 21.6 Å². The van der Waals surface area contributed by atoms with E-state index in [2.05, 4.69) is 12.0 Å². The van der Waals surface area contributed by atoms with Crippen LogP contribution in [-0.4, -0.2) is 15.6 Å². The summed E-state index contributed by atoms with van der Waals surface area (Å²) in [6.45, 7) is 3.70. The maximum atomic E-state index is 13.8. The van der Waals surface area contributed by atoms with Crippen LogP contribution in [-0.2, 0) is 0 Å². The van der Waals surface area contributed by atoms with Gasteiger partial charge in [-0.25, -0.2) is 13.5 Å². The molecule has 3 aromatic rings. The maximum absolute atomic E-state index is 13.8. The molecule has 0 aliphatic carbocycles. The number of halogens is 2. The minimum atomic E-state index is -0.636. The molecule has 0 saturated heterocycles. The molecule has 0 fully saturated rings. The van der Waals surface area contributed by atoms with Gasteiger partial charge >= 0.3 is 0 Å². The second-order valence-corrected chi connectivity index (χ2v) is 4.72. The van der Waals surface area contributed by atoms with Crippen molar-refractivity contribution in [2.75, 3.05) is 0 Å². The van der Waals surface area contributed by atoms with Gasteiger partial charge in [0.05, 0.1) is 11.3 Å². The van der Waals surface area contributed by atoms with Crippen LogP contribution < -0.4 is 0 Å². The molecule has 1 aromatic heterocycles. The zero-order valence-electron chi connectivity index (χ0n) is 11.5. The third-order valence-corrected chi connectivity index (χ3v) is 3.23. The van der Waals surface area contributed by atoms with Crippen molar-refractivity contribution < 1.29 is 13.6 Å². The molecule has 0 saturated carbocycles. The number of hydrogen-bond donors (Lipinski definition) is 0. The Hall–Kier alpha value is -2.82. The first-order valence-corrected chi connectivity index (χ1v) is 6.53. The molecule has 1 radical (unpaired) electrons. The highest BCUT2D eigenvalue weighted by molar-refractivity contribution is 6.09. The van der Waals surface area contributed by atoms with Gasteiger partial charge in [0, 0.05) is 17.8 Å². The summed E-state index contributed by atoms with van der Waals surface area (Å²) < 4.78 is 28.2. The fourth-order valence-corrected chi connectivity index (χ4v) is 2.13. The quantitative estimate of drug-likeness (QED) is 0.693. The van der Waals surface area contributed by atoms with Crippen molar-refractivity contribution in [3.05, 3.63) is 90.1 Å². The molecule has 0 amide bonds. The fraction of sp³-hybridized carbons (Fsp3) is 0. The number of carbonyl (C=O) groups excluding carboxylic acids is 1. The van der Waals surface area contributed by atoms with Gasteiger partial charge < -0.3 is 0 Å². The lowest BCUT2D eigenvalue weighted by Gasteiger charge is -2.02. The molecule has 0 spiro atoms. The molecule has 0 N–H and O–H groups in total. The topological polar surface area (TPSA) is 34.9 Å². The van der Waals surface area contributed by atoms with E-state index in [0.29, 0.717) is 5.56 Å². The SMILES string of the molecule is [CH2]c1nn(-c2cc(F)ccc2F)cc1C(=O)c1ccccc1. The van der Waals surface area contributed by atoms with E-state index in [1.54, 1.807) is 30.3 Å². The third kappa shape index (κ3) is 2.53. The van der Waals surface area contributed by atoms with E-state index in [1.165, 1.54) is 6.20 Å². The highest BCUT2D eigenvalue weighted by Gasteiger charge is 2.17. The minimum absolute atomic E-state index is 0.0722. The molecule has 2 aromatic carbocycles. The number of rotatable bonds is 3. The Morgan fingerprint density at radius 3 is 2.55 bits per heavy atom. The molecule has 0 bridgehead atoms. The van der Waals surface area contributed by atoms with Crippen LogP contribution in [0.2, 0.25) is 0 Å². The van der Waals surface area contributed by atoms with Crippen LogP contribution in [0, 0.1) is 18.6 Å². The summed E-state index contributed by atoms with van der Waals surface area (Å²) in [7, 11) is 0. The number of benzene rings is 2. The molecule has 109 valence electrons. The van der Waals surface area contributed by atoms with Crippen LogP contribution in [0.3, 0.4) is 0 Å². The lowest BCUT2D eigenvalue weighted by atomic mass is 10.0. The van der Waals surface area contributed by atoms with Crippen LogP contribution in [0.5, 0.6) is 0 Å². The van der Waals surface area contributed by atoms with Gasteiger partial charge in [0.25, 0.3) is 0 Å². The summed E-state index contributed by atoms with van der Waals surface area (Å²) >= 11 is 0. The Kier molecular flexibility index (Phi) is 3.55. The van der Waals surface area contributed by atoms with Gasteiger partial charge in [-0.2, -0.15) is 5.10 Å². The van der Waals surface area contributed by atoms with Crippen molar-refractivity contribution >= 4 is 5.78 Å². The fourth-order valence-electron chi connectivity index (χ4n) is 2.13. The van der Waals surface area contributed by atoms with Crippen molar-refractivity contribution in [2.45, 2.75) is 0 Å². The van der Waals surface area contributed by atoms with Gasteiger partial charge in [-0.15, -0.1) is 0 Å². The second-order valence-electron chi connectivity index (χ2n) is 4.72. The molecule has 0 unspecified atom stereocenters. The van der Waals surface area contributed by atoms with Crippen molar-refractivity contribution in [3.8, 4) is 5.69 Å². The Labute approximate surface area is 125 Å². The van der Waals surface area contributed by atoms with Crippen LogP contribution in [0.15, 0.2) is 54.7 Å². The number of ketones is 1. The molecular formula is C17H11F2N2O. The Bertz CT molecular complexity index is 841. The van der Waals surface area contributed by atoms with E-state index in [4.69, 9.17) is 0 Å². The standard InChI is InChI=1S/C17H11F2N2O/c1-11-14(17(22)12-5-3-2-4-6-12)10-21(20-11)16-9-13(18)7-8-15(16)19/h2-10H,1H2. The minimum Gasteiger partial charge on any atom is -0.288 e. The highest BCUT2D eigenvalue weighted by atomic mass is 19.1. The number of nitrogens with zero attached hydrogens (tertiary/aromatic N) is 2. The number of carbonyl (C=O) groups is 1. The normalized spacial score (nSPS) is 10.7. The Balaban J connectivity index is 2.05. The number of aromatic nitrogens is 2. The molecule has 1 heterocycles. The molecule has 22 heavy (non-hydrogen) atoms. The van der Waals surface area contributed by atoms with Crippen molar-refractivity contribution in [2.24, 2.45) is 0 Å². The molecule has 5 heteroatoms. The van der Waals surface area contributed by atoms with Gasteiger partial charge in [0.15, 0.2) is 5.78 Å². The largest absolute Gasteiger partial charge is 0.288 e. The predicted molar refractivity (Wildman–Crippen MR) is 77.8 cm³/mol. The first-order chi connectivity index (χ1) is 10.6. The molecular weight excluding hydrogens is 286 g/mol. The average Bonchev–Trinajstić information content (AvgIpc) is 2.91. The predicted octanol–water partition coefficient (Wildman–Crippen LogP) is 3.56. The molecule has 0 aliphatic heterocycles. The van der Waals surface area contributed by atoms with E-state index in [0.717, 1.165) is 22.9 Å². The molecule has 0 atom stereocenters. The summed E-state index contributed by atoms with van der Waals surface area (Å²) in [5.74, 6) is -1.50. The van der Waals surface area contributed by atoms with Crippen LogP contribution in [0.25, 0.3) is 5.69 Å². The Morgan fingerprint density at radius 1 is 1.09 bits per heavy atom. The molecule has 3 rings (SSSR count). The van der Waals surface area contributed by atoms with Crippen molar-refractivity contribution in [3.63, 3.8) is 0 Å². The van der Waals surface area contributed by atoms with Gasteiger partial charge in [0.1, 0.15) is 17.3 Å². The van der Waals surface area contributed by atoms with E-state index in [9.17, 15) is 13.6 Å². The van der Waals surface area contributed by atoms with Gasteiger partial charge in [-0.05, 0) is 19.1 Å². The number of hydrogen-bond acceptors (Lipinski definition) is 2. The summed E-state index contributed by atoms with van der Waals surface area (Å²) in [4.78, 5) is 12.4. The Morgan fingerprint density at radius 2 is 1.82 bits per heavy atom. The van der Waals surface area contributed by atoms with Crippen molar-refractivity contribution in [1.82, 2.24) is 9.78 Å². The highest BCUT2D eigenvalue weighted by Crippen LogP contribution is 2.19. The third-order valence-electron chi connectivity index (χ3n) is 3.23. The van der Waals surface area contributed by atoms with E-state index in [-0.39, 0.29) is 22.7 Å². The van der Waals surface area contributed by atoms with E-state index >= 15 is 0 Å². The van der Waals surface area contributed by atoms with Crippen LogP contribution in [0.4, 0.5) is 8.78 Å². The summed E-state index contributed by atoms with van der Waals surface area (Å²) in [6.07, 6.45) is 1.36. The van der Waals surface area contributed by atoms with Crippen LogP contribution >= 0.6 is 0 Å². The summed E-state index contributed by atoms with van der Waals surface area (Å²) in [5.41, 5.74) is 0.857. The van der Waals surface area contributed by atoms with Crippen molar-refractivity contribution in [1.29, 1.82) is 0 Å². The zero-order valence-corrected chi connectivity index (χ0v) is 11.5. The molecule has 0 aliphatic rings. The zero-order chi connectivity index (χ0) is 15.7. The first kappa shape index (κ1) is 14.1. The molecule has 3 nitrogen and oxygen atoms in total. The summed E-state index contributed by atoms with van der Waals surface area (Å²) in [6, 6.07) is 11.7. The van der Waals surface area contributed by atoms with Gasteiger partial charge in [-0.1, -0.05) is 30.3 Å². The summed E-state index contributed by atoms with van der Waals surface area (Å²) in [5, 5.41) is 4.01. The lowest BCUT2D eigenvalue weighted by Crippen LogP contribution is -2.01. The van der Waals surface area contributed by atoms with E-state index in [1.807, 2.05) is 0 Å². The lowest BCUT2D eigenvalue weighted by molar-refractivity contribution is 0.103. The second kappa shape index (κ2) is 5.52. The average molecular weight is 297 g/mol. The van der Waals surface area contributed by atoms with E-state index < -0.39 is 11.6 Å². The van der Waals surface area contributed by atoms with Gasteiger partial charge in [0.2, 0.25) is 0 Å². The maximum Gasteiger partial charge on any atom is 0.196 e. The first-order valence-electron chi connectivity index (χ1n) is 6.53. The smallest absolute Gasteiger partial charge is 0.196 e. The monoisotopic (exact) mass is 297 g/mol.